The normalized spacial score (nSPS) is 11.2. The summed E-state index contributed by atoms with van der Waals surface area (Å²) >= 11 is 0. The topological polar surface area (TPSA) is 38.7 Å². The van der Waals surface area contributed by atoms with Crippen LogP contribution in [-0.2, 0) is 4.74 Å². The van der Waals surface area contributed by atoms with Crippen molar-refractivity contribution in [2.24, 2.45) is 4.99 Å². The quantitative estimate of drug-likeness (QED) is 0.374. The van der Waals surface area contributed by atoms with Crippen molar-refractivity contribution >= 4 is 17.4 Å². The van der Waals surface area contributed by atoms with E-state index in [2.05, 4.69) is 4.99 Å². The Morgan fingerprint density at radius 3 is 2.00 bits per heavy atom. The Kier molecular flexibility index (Phi) is 5.37. The van der Waals surface area contributed by atoms with Crippen molar-refractivity contribution in [1.29, 1.82) is 0 Å². The van der Waals surface area contributed by atoms with Gasteiger partial charge in [0.05, 0.1) is 12.3 Å². The largest absolute Gasteiger partial charge is 0.478 e. The molecular formula is C22H19NO2. The second kappa shape index (κ2) is 8.06. The molecule has 3 aromatic rings. The first-order valence-electron chi connectivity index (χ1n) is 8.25. The number of benzene rings is 3. The lowest BCUT2D eigenvalue weighted by Gasteiger charge is -2.10. The van der Waals surface area contributed by atoms with Gasteiger partial charge in [-0.05, 0) is 31.2 Å². The van der Waals surface area contributed by atoms with E-state index in [0.29, 0.717) is 29.3 Å². The first-order valence-corrected chi connectivity index (χ1v) is 8.25. The van der Waals surface area contributed by atoms with Crippen molar-refractivity contribution in [3.8, 4) is 0 Å². The van der Waals surface area contributed by atoms with E-state index in [1.807, 2.05) is 85.8 Å². The lowest BCUT2D eigenvalue weighted by Crippen LogP contribution is -2.07. The second-order valence-electron chi connectivity index (χ2n) is 5.43. The molecule has 25 heavy (non-hydrogen) atoms. The van der Waals surface area contributed by atoms with E-state index < -0.39 is 0 Å². The molecule has 0 unspecified atom stereocenters. The molecule has 0 aliphatic heterocycles. The van der Waals surface area contributed by atoms with Gasteiger partial charge in [-0.25, -0.2) is 4.99 Å². The lowest BCUT2D eigenvalue weighted by atomic mass is 10.0. The van der Waals surface area contributed by atoms with E-state index in [0.717, 1.165) is 5.56 Å². The third-order valence-corrected chi connectivity index (χ3v) is 3.71. The van der Waals surface area contributed by atoms with Gasteiger partial charge in [0.2, 0.25) is 5.90 Å². The number of rotatable bonds is 5. The van der Waals surface area contributed by atoms with Crippen LogP contribution in [-0.4, -0.2) is 18.3 Å². The predicted octanol–water partition coefficient (Wildman–Crippen LogP) is 5.03. The zero-order valence-electron chi connectivity index (χ0n) is 14.1. The van der Waals surface area contributed by atoms with E-state index in [4.69, 9.17) is 4.74 Å². The Labute approximate surface area is 147 Å². The average molecular weight is 329 g/mol. The molecular weight excluding hydrogens is 310 g/mol. The van der Waals surface area contributed by atoms with Gasteiger partial charge in [-0.2, -0.15) is 0 Å². The third kappa shape index (κ3) is 4.01. The highest BCUT2D eigenvalue weighted by molar-refractivity contribution is 6.12. The first-order chi connectivity index (χ1) is 12.3. The van der Waals surface area contributed by atoms with Crippen LogP contribution in [0.2, 0.25) is 0 Å². The molecule has 0 atom stereocenters. The lowest BCUT2D eigenvalue weighted by molar-refractivity contribution is 0.103. The van der Waals surface area contributed by atoms with Crippen molar-refractivity contribution in [1.82, 2.24) is 0 Å². The van der Waals surface area contributed by atoms with Crippen molar-refractivity contribution in [2.45, 2.75) is 6.92 Å². The molecule has 0 aliphatic carbocycles. The van der Waals surface area contributed by atoms with Crippen LogP contribution in [0.4, 0.5) is 5.69 Å². The SMILES string of the molecule is CCOC(=Nc1ccccc1C(=O)c1ccccc1)c1ccccc1. The monoisotopic (exact) mass is 329 g/mol. The summed E-state index contributed by atoms with van der Waals surface area (Å²) in [5.74, 6) is 0.459. The van der Waals surface area contributed by atoms with E-state index in [1.165, 1.54) is 0 Å². The summed E-state index contributed by atoms with van der Waals surface area (Å²) in [6, 6.07) is 26.3. The molecule has 3 aromatic carbocycles. The van der Waals surface area contributed by atoms with E-state index in [9.17, 15) is 4.79 Å². The van der Waals surface area contributed by atoms with E-state index in [1.54, 1.807) is 6.07 Å². The van der Waals surface area contributed by atoms with Crippen LogP contribution >= 0.6 is 0 Å². The van der Waals surface area contributed by atoms with Gasteiger partial charge < -0.3 is 4.74 Å². The average Bonchev–Trinajstić information content (AvgIpc) is 2.69. The van der Waals surface area contributed by atoms with Gasteiger partial charge in [0.25, 0.3) is 0 Å². The Hall–Kier alpha value is -3.20. The van der Waals surface area contributed by atoms with Crippen molar-refractivity contribution in [3.05, 3.63) is 102 Å². The number of ether oxygens (including phenoxy) is 1. The van der Waals surface area contributed by atoms with Crippen LogP contribution in [0.1, 0.15) is 28.4 Å². The highest BCUT2D eigenvalue weighted by Gasteiger charge is 2.14. The summed E-state index contributed by atoms with van der Waals surface area (Å²) in [6.07, 6.45) is 0. The van der Waals surface area contributed by atoms with Gasteiger partial charge >= 0.3 is 0 Å². The highest BCUT2D eigenvalue weighted by Crippen LogP contribution is 2.23. The third-order valence-electron chi connectivity index (χ3n) is 3.71. The molecule has 0 spiro atoms. The number of nitrogens with zero attached hydrogens (tertiary/aromatic N) is 1. The Bertz CT molecular complexity index is 871. The fraction of sp³-hybridized carbons (Fsp3) is 0.0909. The highest BCUT2D eigenvalue weighted by atomic mass is 16.5. The van der Waals surface area contributed by atoms with Gasteiger partial charge in [0.15, 0.2) is 5.78 Å². The molecule has 124 valence electrons. The molecule has 0 fully saturated rings. The maximum Gasteiger partial charge on any atom is 0.221 e. The number of ketones is 1. The van der Waals surface area contributed by atoms with Crippen LogP contribution in [0.3, 0.4) is 0 Å². The number of aliphatic imine (C=N–C) groups is 1. The summed E-state index contributed by atoms with van der Waals surface area (Å²) in [5.41, 5.74) is 2.68. The minimum atomic E-state index is -0.0520. The fourth-order valence-electron chi connectivity index (χ4n) is 2.52. The van der Waals surface area contributed by atoms with Crippen molar-refractivity contribution < 1.29 is 9.53 Å². The molecule has 0 aromatic heterocycles. The number of hydrogen-bond donors (Lipinski definition) is 0. The second-order valence-corrected chi connectivity index (χ2v) is 5.43. The molecule has 0 bridgehead atoms. The van der Waals surface area contributed by atoms with Crippen LogP contribution in [0, 0.1) is 0 Å². The van der Waals surface area contributed by atoms with Crippen molar-refractivity contribution in [2.75, 3.05) is 6.61 Å². The predicted molar refractivity (Wildman–Crippen MR) is 101 cm³/mol. The minimum Gasteiger partial charge on any atom is -0.478 e. The molecule has 0 radical (unpaired) electrons. The number of hydrogen-bond acceptors (Lipinski definition) is 3. The van der Waals surface area contributed by atoms with Gasteiger partial charge in [0, 0.05) is 16.7 Å². The maximum absolute atomic E-state index is 12.8. The van der Waals surface area contributed by atoms with E-state index in [-0.39, 0.29) is 5.78 Å². The van der Waals surface area contributed by atoms with E-state index >= 15 is 0 Å². The molecule has 0 N–H and O–H groups in total. The van der Waals surface area contributed by atoms with Gasteiger partial charge in [-0.3, -0.25) is 4.79 Å². The Balaban J connectivity index is 2.04. The zero-order valence-corrected chi connectivity index (χ0v) is 14.1. The van der Waals surface area contributed by atoms with Crippen LogP contribution < -0.4 is 0 Å². The molecule has 3 nitrogen and oxygen atoms in total. The van der Waals surface area contributed by atoms with Crippen molar-refractivity contribution in [3.63, 3.8) is 0 Å². The van der Waals surface area contributed by atoms with Gasteiger partial charge in [0.1, 0.15) is 0 Å². The fourth-order valence-corrected chi connectivity index (χ4v) is 2.52. The molecule has 0 amide bonds. The molecule has 3 heteroatoms. The van der Waals surface area contributed by atoms with Crippen LogP contribution in [0.25, 0.3) is 0 Å². The summed E-state index contributed by atoms with van der Waals surface area (Å²) in [6.45, 7) is 2.42. The molecule has 3 rings (SSSR count). The Morgan fingerprint density at radius 2 is 1.36 bits per heavy atom. The standard InChI is InChI=1S/C22H19NO2/c1-2-25-22(18-13-7-4-8-14-18)23-20-16-10-9-15-19(20)21(24)17-11-5-3-6-12-17/h3-16H,2H2,1H3. The first kappa shape index (κ1) is 16.7. The number of carbonyl (C=O) groups is 1. The van der Waals surface area contributed by atoms with Gasteiger partial charge in [-0.15, -0.1) is 0 Å². The maximum atomic E-state index is 12.8. The minimum absolute atomic E-state index is 0.0520. The number of para-hydroxylation sites is 1. The van der Waals surface area contributed by atoms with Crippen LogP contribution in [0.5, 0.6) is 0 Å². The summed E-state index contributed by atoms with van der Waals surface area (Å²) in [4.78, 5) is 17.5. The molecule has 0 aliphatic rings. The van der Waals surface area contributed by atoms with Gasteiger partial charge in [-0.1, -0.05) is 60.7 Å². The van der Waals surface area contributed by atoms with Crippen LogP contribution in [0.15, 0.2) is 89.9 Å². The zero-order chi connectivity index (χ0) is 17.5. The molecule has 0 saturated carbocycles. The smallest absolute Gasteiger partial charge is 0.221 e. The Morgan fingerprint density at radius 1 is 0.800 bits per heavy atom. The summed E-state index contributed by atoms with van der Waals surface area (Å²) in [5, 5.41) is 0. The molecule has 0 saturated heterocycles. The summed E-state index contributed by atoms with van der Waals surface area (Å²) < 4.78 is 5.71. The number of carbonyl (C=O) groups excluding carboxylic acids is 1. The summed E-state index contributed by atoms with van der Waals surface area (Å²) in [7, 11) is 0. The molecule has 0 heterocycles.